The number of benzene rings is 3. The molecule has 0 unspecified atom stereocenters. The van der Waals surface area contributed by atoms with Crippen molar-refractivity contribution < 1.29 is 22.7 Å². The number of hydrogen-bond donors (Lipinski definition) is 0. The van der Waals surface area contributed by atoms with Gasteiger partial charge in [-0.2, -0.15) is 9.97 Å². The molecule has 7 rings (SSSR count). The van der Waals surface area contributed by atoms with E-state index in [9.17, 15) is 9.18 Å². The molecule has 4 heterocycles. The number of amides is 1. The van der Waals surface area contributed by atoms with Gasteiger partial charge in [0.15, 0.2) is 5.82 Å². The molecular weight excluding hydrogens is 603 g/mol. The molecule has 0 radical (unpaired) electrons. The fourth-order valence-corrected chi connectivity index (χ4v) is 7.74. The Labute approximate surface area is 264 Å². The molecule has 3 aliphatic heterocycles. The van der Waals surface area contributed by atoms with Gasteiger partial charge in [-0.1, -0.05) is 42.4 Å². The predicted molar refractivity (Wildman–Crippen MR) is 169 cm³/mol. The van der Waals surface area contributed by atoms with Crippen LogP contribution in [0.2, 0.25) is 5.02 Å². The Morgan fingerprint density at radius 2 is 1.87 bits per heavy atom. The lowest BCUT2D eigenvalue weighted by Crippen LogP contribution is -2.53. The number of rotatable bonds is 6. The number of nitrogens with zero attached hydrogens (tertiary/aromatic N) is 5. The fraction of sp³-hybridized carbons (Fsp3) is 0.382. The van der Waals surface area contributed by atoms with Gasteiger partial charge in [-0.3, -0.25) is 9.69 Å². The van der Waals surface area contributed by atoms with Gasteiger partial charge in [0.1, 0.15) is 29.6 Å². The Hall–Kier alpha value is -3.89. The molecule has 4 aromatic rings. The highest BCUT2D eigenvalue weighted by molar-refractivity contribution is 6.37. The van der Waals surface area contributed by atoms with Crippen molar-refractivity contribution >= 4 is 45.0 Å². The van der Waals surface area contributed by atoms with Gasteiger partial charge in [-0.15, -0.1) is 0 Å². The van der Waals surface area contributed by atoms with Crippen LogP contribution in [-0.4, -0.2) is 76.6 Å². The summed E-state index contributed by atoms with van der Waals surface area (Å²) in [5.41, 5.74) is -0.451. The summed E-state index contributed by atoms with van der Waals surface area (Å²) in [4.78, 5) is 27.7. The molecule has 1 atom stereocenters. The van der Waals surface area contributed by atoms with Crippen LogP contribution in [0.5, 0.6) is 6.01 Å². The van der Waals surface area contributed by atoms with Crippen molar-refractivity contribution in [3.8, 4) is 17.1 Å². The number of ether oxygens (including phenoxy) is 1. The van der Waals surface area contributed by atoms with Gasteiger partial charge in [0.05, 0.1) is 16.1 Å². The molecule has 7 nitrogen and oxygen atoms in total. The molecule has 11 heteroatoms. The third-order valence-corrected chi connectivity index (χ3v) is 10.1. The van der Waals surface area contributed by atoms with Crippen molar-refractivity contribution in [1.29, 1.82) is 0 Å². The van der Waals surface area contributed by atoms with E-state index in [0.29, 0.717) is 37.4 Å². The Kier molecular flexibility index (Phi) is 7.60. The zero-order chi connectivity index (χ0) is 31.5. The number of carbonyl (C=O) groups excluding carboxylic acids is 1. The van der Waals surface area contributed by atoms with E-state index in [-0.39, 0.29) is 55.9 Å². The highest BCUT2D eigenvalue weighted by Gasteiger charge is 2.45. The second-order valence-corrected chi connectivity index (χ2v) is 12.7. The van der Waals surface area contributed by atoms with Crippen molar-refractivity contribution in [3.05, 3.63) is 71.5 Å². The Morgan fingerprint density at radius 1 is 1.09 bits per heavy atom. The molecule has 3 aliphatic rings. The average Bonchev–Trinajstić information content (AvgIpc) is 3.62. The number of anilines is 1. The minimum Gasteiger partial charge on any atom is -0.461 e. The highest BCUT2D eigenvalue weighted by atomic mass is 35.5. The molecule has 0 aliphatic carbocycles. The van der Waals surface area contributed by atoms with E-state index in [1.807, 2.05) is 11.8 Å². The van der Waals surface area contributed by atoms with Gasteiger partial charge < -0.3 is 14.5 Å². The van der Waals surface area contributed by atoms with E-state index in [1.165, 1.54) is 30.3 Å². The monoisotopic (exact) mass is 635 g/mol. The lowest BCUT2D eigenvalue weighted by atomic mass is 9.95. The average molecular weight is 636 g/mol. The highest BCUT2D eigenvalue weighted by Crippen LogP contribution is 2.42. The lowest BCUT2D eigenvalue weighted by Gasteiger charge is -2.40. The summed E-state index contributed by atoms with van der Waals surface area (Å²) in [7, 11) is 0. The molecule has 1 amide bonds. The molecule has 3 fully saturated rings. The van der Waals surface area contributed by atoms with Crippen molar-refractivity contribution in [2.75, 3.05) is 44.2 Å². The van der Waals surface area contributed by atoms with Gasteiger partial charge in [0, 0.05) is 36.4 Å². The number of halogens is 4. The number of fused-ring (bicyclic) bond motifs is 3. The molecule has 1 aromatic heterocycles. The molecular formula is C34H33ClF3N5O2. The SMILES string of the molecule is C=CC(=O)N1CCN(c2nc(OCC34CCCN3CCC4)nc3c(F)c(-c4cccc5ccc(F)c(Cl)c45)c(F)cc23)[C@@H](C)C1. The Bertz CT molecular complexity index is 1840. The second kappa shape index (κ2) is 11.5. The van der Waals surface area contributed by atoms with Crippen LogP contribution in [0.1, 0.15) is 32.6 Å². The maximum absolute atomic E-state index is 16.8. The van der Waals surface area contributed by atoms with Crippen molar-refractivity contribution in [2.45, 2.75) is 44.2 Å². The summed E-state index contributed by atoms with van der Waals surface area (Å²) >= 11 is 6.35. The van der Waals surface area contributed by atoms with E-state index in [4.69, 9.17) is 21.3 Å². The minimum absolute atomic E-state index is 0.000812. The fourth-order valence-electron chi connectivity index (χ4n) is 7.47. The van der Waals surface area contributed by atoms with Crippen LogP contribution in [0.15, 0.2) is 49.1 Å². The Morgan fingerprint density at radius 3 is 2.60 bits per heavy atom. The number of hydrogen-bond acceptors (Lipinski definition) is 6. The van der Waals surface area contributed by atoms with Crippen LogP contribution < -0.4 is 9.64 Å². The Balaban J connectivity index is 1.37. The van der Waals surface area contributed by atoms with Crippen LogP contribution in [0.25, 0.3) is 32.8 Å². The first kappa shape index (κ1) is 29.8. The van der Waals surface area contributed by atoms with Gasteiger partial charge in [-0.25, -0.2) is 13.2 Å². The van der Waals surface area contributed by atoms with Crippen molar-refractivity contribution in [1.82, 2.24) is 19.8 Å². The molecule has 0 spiro atoms. The molecule has 45 heavy (non-hydrogen) atoms. The summed E-state index contributed by atoms with van der Waals surface area (Å²) < 4.78 is 53.7. The second-order valence-electron chi connectivity index (χ2n) is 12.3. The summed E-state index contributed by atoms with van der Waals surface area (Å²) in [6.45, 7) is 9.07. The maximum Gasteiger partial charge on any atom is 0.319 e. The quantitative estimate of drug-likeness (QED) is 0.219. The smallest absolute Gasteiger partial charge is 0.319 e. The van der Waals surface area contributed by atoms with Crippen molar-refractivity contribution in [3.63, 3.8) is 0 Å². The zero-order valence-electron chi connectivity index (χ0n) is 25.0. The van der Waals surface area contributed by atoms with E-state index in [2.05, 4.69) is 16.5 Å². The number of piperazine rings is 1. The van der Waals surface area contributed by atoms with Crippen LogP contribution >= 0.6 is 11.6 Å². The lowest BCUT2D eigenvalue weighted by molar-refractivity contribution is -0.126. The molecule has 234 valence electrons. The molecule has 3 saturated heterocycles. The van der Waals surface area contributed by atoms with E-state index in [1.54, 1.807) is 17.0 Å². The topological polar surface area (TPSA) is 61.8 Å². The number of aromatic nitrogens is 2. The van der Waals surface area contributed by atoms with Crippen LogP contribution in [0, 0.1) is 17.5 Å². The van der Waals surface area contributed by atoms with Crippen LogP contribution in [0.3, 0.4) is 0 Å². The predicted octanol–water partition coefficient (Wildman–Crippen LogP) is 6.75. The maximum atomic E-state index is 16.8. The molecule has 0 saturated carbocycles. The minimum atomic E-state index is -0.916. The normalized spacial score (nSPS) is 19.8. The summed E-state index contributed by atoms with van der Waals surface area (Å²) in [6.07, 6.45) is 5.46. The summed E-state index contributed by atoms with van der Waals surface area (Å²) in [5.74, 6) is -2.31. The first-order valence-corrected chi connectivity index (χ1v) is 15.7. The van der Waals surface area contributed by atoms with Crippen molar-refractivity contribution in [2.24, 2.45) is 0 Å². The first-order chi connectivity index (χ1) is 21.7. The number of carbonyl (C=O) groups is 1. The summed E-state index contributed by atoms with van der Waals surface area (Å²) in [5, 5.41) is 0.714. The van der Waals surface area contributed by atoms with Crippen LogP contribution in [0.4, 0.5) is 19.0 Å². The van der Waals surface area contributed by atoms with Gasteiger partial charge >= 0.3 is 6.01 Å². The van der Waals surface area contributed by atoms with E-state index >= 15 is 8.78 Å². The first-order valence-electron chi connectivity index (χ1n) is 15.3. The zero-order valence-corrected chi connectivity index (χ0v) is 25.7. The van der Waals surface area contributed by atoms with E-state index < -0.39 is 17.5 Å². The molecule has 0 N–H and O–H groups in total. The molecule has 3 aromatic carbocycles. The van der Waals surface area contributed by atoms with E-state index in [0.717, 1.165) is 38.8 Å². The third-order valence-electron chi connectivity index (χ3n) is 9.71. The van der Waals surface area contributed by atoms with Gasteiger partial charge in [-0.05, 0) is 74.9 Å². The standard InChI is InChI=1S/C34H33ClF3N5O2/c1-3-26(44)41-15-16-43(20(2)18-41)32-23-17-25(37)28(22-8-4-7-21-9-10-24(36)29(35)27(21)22)30(38)31(23)39-33(40-32)45-19-34-11-5-13-42(34)14-6-12-34/h3-4,7-10,17,20H,1,5-6,11-16,18-19H2,2H3/t20-/m0/s1. The third kappa shape index (κ3) is 4.98. The van der Waals surface area contributed by atoms with Gasteiger partial charge in [0.2, 0.25) is 5.91 Å². The molecule has 0 bridgehead atoms. The largest absolute Gasteiger partial charge is 0.461 e. The summed E-state index contributed by atoms with van der Waals surface area (Å²) in [6, 6.07) is 8.63. The van der Waals surface area contributed by atoms with Crippen LogP contribution in [-0.2, 0) is 4.79 Å². The van der Waals surface area contributed by atoms with Gasteiger partial charge in [0.25, 0.3) is 0 Å².